The summed E-state index contributed by atoms with van der Waals surface area (Å²) in [6.07, 6.45) is 3.45. The minimum Gasteiger partial charge on any atom is -0.497 e. The third kappa shape index (κ3) is 3.81. The third-order valence-corrected chi connectivity index (χ3v) is 4.58. The van der Waals surface area contributed by atoms with Crippen LogP contribution in [0.5, 0.6) is 5.75 Å². The lowest BCUT2D eigenvalue weighted by atomic mass is 10.0. The van der Waals surface area contributed by atoms with Crippen LogP contribution in [-0.4, -0.2) is 36.1 Å². The molecule has 1 aliphatic rings. The third-order valence-electron chi connectivity index (χ3n) is 4.58. The van der Waals surface area contributed by atoms with Gasteiger partial charge in [0.05, 0.1) is 12.0 Å². The van der Waals surface area contributed by atoms with Gasteiger partial charge in [0, 0.05) is 31.0 Å². The molecule has 0 bridgehead atoms. The van der Waals surface area contributed by atoms with Crippen molar-refractivity contribution in [1.82, 2.24) is 4.98 Å². The summed E-state index contributed by atoms with van der Waals surface area (Å²) in [5.41, 5.74) is 2.23. The van der Waals surface area contributed by atoms with Crippen LogP contribution in [0.2, 0.25) is 0 Å². The summed E-state index contributed by atoms with van der Waals surface area (Å²) in [4.78, 5) is 17.3. The van der Waals surface area contributed by atoms with Gasteiger partial charge in [0.15, 0.2) is 0 Å². The number of nitrogens with one attached hydrogen (secondary N) is 1. The number of nitrogens with zero attached hydrogens (tertiary/aromatic N) is 3. The van der Waals surface area contributed by atoms with E-state index in [1.807, 2.05) is 12.1 Å². The average Bonchev–Trinajstić information content (AvgIpc) is 2.62. The standard InChI is InChI=1S/C18H22N4O3/c1-13-18(22(23)24)17(7-10-19-13)20-14-8-11-21(12-9-14)15-3-5-16(25-2)6-4-15/h3-7,10,14H,8-9,11-12H2,1-2H3,(H,19,20). The van der Waals surface area contributed by atoms with Crippen molar-refractivity contribution < 1.29 is 9.66 Å². The van der Waals surface area contributed by atoms with Gasteiger partial charge in [-0.05, 0) is 50.1 Å². The maximum absolute atomic E-state index is 11.3. The summed E-state index contributed by atoms with van der Waals surface area (Å²) < 4.78 is 5.19. The van der Waals surface area contributed by atoms with E-state index in [-0.39, 0.29) is 16.7 Å². The van der Waals surface area contributed by atoms with E-state index in [0.717, 1.165) is 31.7 Å². The molecular weight excluding hydrogens is 320 g/mol. The number of pyridine rings is 1. The molecule has 0 atom stereocenters. The van der Waals surface area contributed by atoms with Gasteiger partial charge < -0.3 is 15.0 Å². The number of piperidine rings is 1. The number of hydrogen-bond donors (Lipinski definition) is 1. The van der Waals surface area contributed by atoms with Crippen LogP contribution in [0.1, 0.15) is 18.5 Å². The molecule has 1 saturated heterocycles. The minimum absolute atomic E-state index is 0.0695. The van der Waals surface area contributed by atoms with Crippen molar-refractivity contribution in [3.05, 3.63) is 52.3 Å². The lowest BCUT2D eigenvalue weighted by Crippen LogP contribution is -2.39. The maximum Gasteiger partial charge on any atom is 0.313 e. The van der Waals surface area contributed by atoms with Crippen molar-refractivity contribution >= 4 is 17.1 Å². The number of ether oxygens (including phenoxy) is 1. The molecule has 0 radical (unpaired) electrons. The first-order valence-electron chi connectivity index (χ1n) is 8.34. The van der Waals surface area contributed by atoms with Gasteiger partial charge in [-0.25, -0.2) is 0 Å². The molecule has 2 heterocycles. The molecule has 0 saturated carbocycles. The van der Waals surface area contributed by atoms with Crippen LogP contribution in [-0.2, 0) is 0 Å². The summed E-state index contributed by atoms with van der Waals surface area (Å²) in [6.45, 7) is 3.47. The van der Waals surface area contributed by atoms with Crippen molar-refractivity contribution in [1.29, 1.82) is 0 Å². The number of methoxy groups -OCH3 is 1. The van der Waals surface area contributed by atoms with Crippen LogP contribution in [0.25, 0.3) is 0 Å². The van der Waals surface area contributed by atoms with Crippen molar-refractivity contribution in [3.8, 4) is 5.75 Å². The minimum atomic E-state index is -0.364. The number of hydrogen-bond acceptors (Lipinski definition) is 6. The highest BCUT2D eigenvalue weighted by molar-refractivity contribution is 5.63. The monoisotopic (exact) mass is 342 g/mol. The van der Waals surface area contributed by atoms with E-state index in [2.05, 4.69) is 27.3 Å². The van der Waals surface area contributed by atoms with E-state index < -0.39 is 0 Å². The van der Waals surface area contributed by atoms with Crippen LogP contribution >= 0.6 is 0 Å². The number of nitro groups is 1. The molecule has 0 spiro atoms. The molecule has 1 fully saturated rings. The van der Waals surface area contributed by atoms with Crippen LogP contribution in [0.4, 0.5) is 17.1 Å². The molecule has 1 N–H and O–H groups in total. The van der Waals surface area contributed by atoms with Crippen LogP contribution in [0, 0.1) is 17.0 Å². The van der Waals surface area contributed by atoms with Crippen molar-refractivity contribution in [2.75, 3.05) is 30.4 Å². The lowest BCUT2D eigenvalue weighted by molar-refractivity contribution is -0.384. The zero-order chi connectivity index (χ0) is 17.8. The number of rotatable bonds is 5. The Hall–Kier alpha value is -2.83. The first kappa shape index (κ1) is 17.0. The second kappa shape index (κ2) is 7.38. The fourth-order valence-electron chi connectivity index (χ4n) is 3.20. The summed E-state index contributed by atoms with van der Waals surface area (Å²) in [7, 11) is 1.66. The smallest absolute Gasteiger partial charge is 0.313 e. The fourth-order valence-corrected chi connectivity index (χ4v) is 3.20. The summed E-state index contributed by atoms with van der Waals surface area (Å²) >= 11 is 0. The molecule has 1 aromatic heterocycles. The summed E-state index contributed by atoms with van der Waals surface area (Å²) in [5.74, 6) is 0.848. The summed E-state index contributed by atoms with van der Waals surface area (Å²) in [6, 6.07) is 9.94. The SMILES string of the molecule is COc1ccc(N2CCC(Nc3ccnc(C)c3[N+](=O)[O-])CC2)cc1. The Morgan fingerprint density at radius 1 is 1.24 bits per heavy atom. The van der Waals surface area contributed by atoms with Crippen LogP contribution in [0.3, 0.4) is 0 Å². The van der Waals surface area contributed by atoms with Gasteiger partial charge in [-0.15, -0.1) is 0 Å². The highest BCUT2D eigenvalue weighted by atomic mass is 16.6. The molecule has 7 nitrogen and oxygen atoms in total. The van der Waals surface area contributed by atoms with E-state index in [1.165, 1.54) is 5.69 Å². The maximum atomic E-state index is 11.3. The van der Waals surface area contributed by atoms with Gasteiger partial charge in [-0.1, -0.05) is 0 Å². The highest BCUT2D eigenvalue weighted by Gasteiger charge is 2.24. The predicted molar refractivity (Wildman–Crippen MR) is 97.5 cm³/mol. The Balaban J connectivity index is 1.63. The molecule has 0 aliphatic carbocycles. The zero-order valence-corrected chi connectivity index (χ0v) is 14.4. The molecular formula is C18H22N4O3. The number of benzene rings is 1. The van der Waals surface area contributed by atoms with E-state index in [4.69, 9.17) is 4.74 Å². The Morgan fingerprint density at radius 3 is 2.52 bits per heavy atom. The fraction of sp³-hybridized carbons (Fsp3) is 0.389. The molecule has 1 aliphatic heterocycles. The molecule has 132 valence electrons. The Labute approximate surface area is 146 Å². The molecule has 0 amide bonds. The Kier molecular flexibility index (Phi) is 5.02. The molecule has 0 unspecified atom stereocenters. The van der Waals surface area contributed by atoms with E-state index in [9.17, 15) is 10.1 Å². The molecule has 3 rings (SSSR count). The van der Waals surface area contributed by atoms with Crippen molar-refractivity contribution in [2.24, 2.45) is 0 Å². The van der Waals surface area contributed by atoms with E-state index in [0.29, 0.717) is 11.4 Å². The quantitative estimate of drug-likeness (QED) is 0.663. The lowest BCUT2D eigenvalue weighted by Gasteiger charge is -2.34. The normalized spacial score (nSPS) is 15.0. The second-order valence-electron chi connectivity index (χ2n) is 6.15. The number of aromatic nitrogens is 1. The van der Waals surface area contributed by atoms with Gasteiger partial charge in [0.2, 0.25) is 0 Å². The first-order chi connectivity index (χ1) is 12.1. The molecule has 2 aromatic rings. The van der Waals surface area contributed by atoms with Crippen molar-refractivity contribution in [2.45, 2.75) is 25.8 Å². The van der Waals surface area contributed by atoms with Crippen molar-refractivity contribution in [3.63, 3.8) is 0 Å². The topological polar surface area (TPSA) is 80.5 Å². The van der Waals surface area contributed by atoms with Gasteiger partial charge >= 0.3 is 5.69 Å². The average molecular weight is 342 g/mol. The number of anilines is 2. The highest BCUT2D eigenvalue weighted by Crippen LogP contribution is 2.29. The van der Waals surface area contributed by atoms with Gasteiger partial charge in [0.1, 0.15) is 17.1 Å². The Bertz CT molecular complexity index is 740. The second-order valence-corrected chi connectivity index (χ2v) is 6.15. The van der Waals surface area contributed by atoms with Gasteiger partial charge in [-0.2, -0.15) is 0 Å². The summed E-state index contributed by atoms with van der Waals surface area (Å²) in [5, 5.41) is 14.6. The first-order valence-corrected chi connectivity index (χ1v) is 8.34. The molecule has 25 heavy (non-hydrogen) atoms. The van der Waals surface area contributed by atoms with Gasteiger partial charge in [0.25, 0.3) is 0 Å². The molecule has 1 aromatic carbocycles. The van der Waals surface area contributed by atoms with Crippen LogP contribution < -0.4 is 15.0 Å². The molecule has 7 heteroatoms. The predicted octanol–water partition coefficient (Wildman–Crippen LogP) is 3.39. The largest absolute Gasteiger partial charge is 0.497 e. The number of aryl methyl sites for hydroxylation is 1. The zero-order valence-electron chi connectivity index (χ0n) is 14.4. The van der Waals surface area contributed by atoms with Crippen LogP contribution in [0.15, 0.2) is 36.5 Å². The van der Waals surface area contributed by atoms with E-state index in [1.54, 1.807) is 26.3 Å². The van der Waals surface area contributed by atoms with Gasteiger partial charge in [-0.3, -0.25) is 15.1 Å². The Morgan fingerprint density at radius 2 is 1.92 bits per heavy atom. The van der Waals surface area contributed by atoms with E-state index >= 15 is 0 Å².